The number of esters is 1. The fraction of sp³-hybridized carbons (Fsp3) is 0.731. The maximum atomic E-state index is 13.3. The topological polar surface area (TPSA) is 29.5 Å². The normalized spacial score (nSPS) is 42.7. The molecule has 0 N–H and O–H groups in total. The monoisotopic (exact) mass is 429 g/mol. The average Bonchev–Trinajstić information content (AvgIpc) is 3.06. The zero-order chi connectivity index (χ0) is 19.5. The van der Waals surface area contributed by atoms with E-state index in [1.807, 2.05) is 0 Å². The standard InChI is InChI=1S/C26H35NO2.ClH/c28-24-22(18-27-9-5-2-6-10-27)17-26(29-24,23-7-3-1-4-8-23)25-14-19-11-20(15-25)13-21(12-19)16-25;/h1,3-4,7-8,19-22H,2,5-6,9-18H2;1H. The van der Waals surface area contributed by atoms with Gasteiger partial charge in [0.1, 0.15) is 5.60 Å². The predicted octanol–water partition coefficient (Wildman–Crippen LogP) is 5.57. The van der Waals surface area contributed by atoms with Gasteiger partial charge in [0.2, 0.25) is 0 Å². The quantitative estimate of drug-likeness (QED) is 0.586. The smallest absolute Gasteiger partial charge is 0.311 e. The maximum Gasteiger partial charge on any atom is 0.311 e. The third-order valence-corrected chi connectivity index (χ3v) is 9.20. The summed E-state index contributed by atoms with van der Waals surface area (Å²) >= 11 is 0. The molecule has 0 radical (unpaired) electrons. The summed E-state index contributed by atoms with van der Waals surface area (Å²) in [5.74, 6) is 2.71. The summed E-state index contributed by atoms with van der Waals surface area (Å²) in [5, 5.41) is 0. The van der Waals surface area contributed by atoms with Crippen LogP contribution in [0.3, 0.4) is 0 Å². The van der Waals surface area contributed by atoms with E-state index in [1.165, 1.54) is 63.4 Å². The molecule has 2 unspecified atom stereocenters. The molecule has 164 valence electrons. The van der Waals surface area contributed by atoms with Gasteiger partial charge in [0.25, 0.3) is 0 Å². The van der Waals surface area contributed by atoms with E-state index >= 15 is 0 Å². The van der Waals surface area contributed by atoms with Crippen molar-refractivity contribution >= 4 is 18.4 Å². The van der Waals surface area contributed by atoms with Crippen LogP contribution in [0.4, 0.5) is 0 Å². The molecular weight excluding hydrogens is 394 g/mol. The molecule has 4 bridgehead atoms. The minimum atomic E-state index is -0.387. The molecule has 4 aliphatic carbocycles. The van der Waals surface area contributed by atoms with Crippen molar-refractivity contribution < 1.29 is 9.53 Å². The van der Waals surface area contributed by atoms with Crippen LogP contribution in [-0.4, -0.2) is 30.5 Å². The molecule has 0 amide bonds. The van der Waals surface area contributed by atoms with Gasteiger partial charge in [-0.1, -0.05) is 36.8 Å². The van der Waals surface area contributed by atoms with E-state index in [4.69, 9.17) is 4.74 Å². The van der Waals surface area contributed by atoms with Crippen LogP contribution in [0, 0.1) is 29.1 Å². The molecular formula is C26H36ClNO2. The Kier molecular flexibility index (Phi) is 5.42. The molecule has 2 aliphatic heterocycles. The molecule has 4 heteroatoms. The number of benzene rings is 1. The molecule has 1 aromatic carbocycles. The lowest BCUT2D eigenvalue weighted by Crippen LogP contribution is -2.56. The molecule has 6 fully saturated rings. The number of rotatable bonds is 4. The van der Waals surface area contributed by atoms with Gasteiger partial charge in [0.15, 0.2) is 0 Å². The number of carbonyl (C=O) groups excluding carboxylic acids is 1. The summed E-state index contributed by atoms with van der Waals surface area (Å²) in [7, 11) is 0. The van der Waals surface area contributed by atoms with E-state index in [1.54, 1.807) is 0 Å². The van der Waals surface area contributed by atoms with Gasteiger partial charge in [-0.15, -0.1) is 12.4 Å². The second kappa shape index (κ2) is 7.81. The molecule has 2 atom stereocenters. The Morgan fingerprint density at radius 3 is 2.07 bits per heavy atom. The summed E-state index contributed by atoms with van der Waals surface area (Å²) in [5.41, 5.74) is 1.06. The summed E-state index contributed by atoms with van der Waals surface area (Å²) in [6, 6.07) is 10.9. The van der Waals surface area contributed by atoms with Crippen LogP contribution in [0.25, 0.3) is 0 Å². The van der Waals surface area contributed by atoms with Crippen molar-refractivity contribution in [1.82, 2.24) is 4.90 Å². The van der Waals surface area contributed by atoms with E-state index in [0.29, 0.717) is 0 Å². The van der Waals surface area contributed by atoms with Gasteiger partial charge in [-0.05, 0) is 87.8 Å². The van der Waals surface area contributed by atoms with E-state index in [2.05, 4.69) is 35.2 Å². The summed E-state index contributed by atoms with van der Waals surface area (Å²) in [4.78, 5) is 15.8. The zero-order valence-electron chi connectivity index (χ0n) is 18.1. The van der Waals surface area contributed by atoms with Crippen molar-refractivity contribution in [3.8, 4) is 0 Å². The lowest BCUT2D eigenvalue weighted by molar-refractivity contribution is -0.198. The highest BCUT2D eigenvalue weighted by Gasteiger charge is 2.66. The summed E-state index contributed by atoms with van der Waals surface area (Å²) in [6.07, 6.45) is 12.9. The Hall–Kier alpha value is -1.06. The number of hydrogen-bond donors (Lipinski definition) is 0. The highest BCUT2D eigenvalue weighted by atomic mass is 35.5. The van der Waals surface area contributed by atoms with Crippen molar-refractivity contribution in [3.05, 3.63) is 35.9 Å². The first kappa shape index (κ1) is 20.8. The number of piperidine rings is 1. The van der Waals surface area contributed by atoms with Crippen molar-refractivity contribution in [2.75, 3.05) is 19.6 Å². The number of hydrogen-bond acceptors (Lipinski definition) is 3. The van der Waals surface area contributed by atoms with Gasteiger partial charge in [-0.2, -0.15) is 0 Å². The average molecular weight is 430 g/mol. The number of cyclic esters (lactones) is 1. The predicted molar refractivity (Wildman–Crippen MR) is 120 cm³/mol. The Labute approximate surface area is 187 Å². The maximum absolute atomic E-state index is 13.3. The van der Waals surface area contributed by atoms with E-state index in [-0.39, 0.29) is 35.3 Å². The number of carbonyl (C=O) groups is 1. The number of nitrogens with zero attached hydrogens (tertiary/aromatic N) is 1. The van der Waals surface area contributed by atoms with Gasteiger partial charge < -0.3 is 9.64 Å². The molecule has 3 nitrogen and oxygen atoms in total. The van der Waals surface area contributed by atoms with E-state index in [9.17, 15) is 4.79 Å². The SMILES string of the molecule is Cl.O=C1OC(c2ccccc2)(C23CC4CC(CC(C4)C2)C3)CC1CN1CCCCC1. The van der Waals surface area contributed by atoms with Crippen molar-refractivity contribution in [2.24, 2.45) is 29.1 Å². The third kappa shape index (κ3) is 3.23. The van der Waals surface area contributed by atoms with Crippen LogP contribution in [0.15, 0.2) is 30.3 Å². The third-order valence-electron chi connectivity index (χ3n) is 9.20. The Morgan fingerprint density at radius 2 is 1.47 bits per heavy atom. The fourth-order valence-corrected chi connectivity index (χ4v) is 8.44. The van der Waals surface area contributed by atoms with E-state index < -0.39 is 0 Å². The van der Waals surface area contributed by atoms with Crippen LogP contribution in [0.5, 0.6) is 0 Å². The second-order valence-corrected chi connectivity index (χ2v) is 11.1. The lowest BCUT2D eigenvalue weighted by Gasteiger charge is -2.62. The molecule has 4 saturated carbocycles. The van der Waals surface area contributed by atoms with E-state index in [0.717, 1.165) is 43.8 Å². The Balaban J connectivity index is 0.00000193. The first-order valence-corrected chi connectivity index (χ1v) is 12.2. The van der Waals surface area contributed by atoms with Gasteiger partial charge in [0, 0.05) is 18.4 Å². The minimum Gasteiger partial charge on any atom is -0.453 e. The molecule has 2 saturated heterocycles. The van der Waals surface area contributed by atoms with Crippen LogP contribution in [0.2, 0.25) is 0 Å². The van der Waals surface area contributed by atoms with Crippen LogP contribution in [0.1, 0.15) is 69.8 Å². The summed E-state index contributed by atoms with van der Waals surface area (Å²) < 4.78 is 6.61. The molecule has 0 spiro atoms. The lowest BCUT2D eigenvalue weighted by atomic mass is 9.44. The second-order valence-electron chi connectivity index (χ2n) is 11.1. The molecule has 7 rings (SSSR count). The van der Waals surface area contributed by atoms with Gasteiger partial charge in [-0.3, -0.25) is 4.79 Å². The molecule has 1 aromatic rings. The van der Waals surface area contributed by atoms with Crippen LogP contribution in [-0.2, 0) is 15.1 Å². The number of ether oxygens (including phenoxy) is 1. The van der Waals surface area contributed by atoms with Crippen LogP contribution >= 0.6 is 12.4 Å². The minimum absolute atomic E-state index is 0. The first-order chi connectivity index (χ1) is 14.2. The van der Waals surface area contributed by atoms with Crippen LogP contribution < -0.4 is 0 Å². The van der Waals surface area contributed by atoms with Gasteiger partial charge in [-0.25, -0.2) is 0 Å². The highest BCUT2D eigenvalue weighted by Crippen LogP contribution is 2.69. The highest BCUT2D eigenvalue weighted by molar-refractivity contribution is 5.85. The largest absolute Gasteiger partial charge is 0.453 e. The number of likely N-dealkylation sites (tertiary alicyclic amines) is 1. The molecule has 0 aromatic heterocycles. The van der Waals surface area contributed by atoms with Crippen molar-refractivity contribution in [3.63, 3.8) is 0 Å². The molecule has 30 heavy (non-hydrogen) atoms. The fourth-order valence-electron chi connectivity index (χ4n) is 8.44. The Morgan fingerprint density at radius 1 is 0.867 bits per heavy atom. The van der Waals surface area contributed by atoms with Crippen molar-refractivity contribution in [1.29, 1.82) is 0 Å². The van der Waals surface area contributed by atoms with Crippen molar-refractivity contribution in [2.45, 2.75) is 69.8 Å². The summed E-state index contributed by atoms with van der Waals surface area (Å²) in [6.45, 7) is 3.21. The Bertz CT molecular complexity index is 739. The van der Waals surface area contributed by atoms with Gasteiger partial charge in [0.05, 0.1) is 5.92 Å². The zero-order valence-corrected chi connectivity index (χ0v) is 18.9. The molecule has 2 heterocycles. The molecule has 6 aliphatic rings. The first-order valence-electron chi connectivity index (χ1n) is 12.2. The van der Waals surface area contributed by atoms with Gasteiger partial charge >= 0.3 is 5.97 Å². The number of halogens is 1.